The molecule has 126 valence electrons. The minimum absolute atomic E-state index is 0.0891. The van der Waals surface area contributed by atoms with Gasteiger partial charge in [0.2, 0.25) is 0 Å². The first-order valence-corrected chi connectivity index (χ1v) is 8.53. The van der Waals surface area contributed by atoms with Gasteiger partial charge in [-0.15, -0.1) is 0 Å². The molecule has 0 saturated heterocycles. The molecule has 0 amide bonds. The van der Waals surface area contributed by atoms with E-state index < -0.39 is 11.9 Å². The van der Waals surface area contributed by atoms with Crippen LogP contribution in [0, 0.1) is 44.4 Å². The highest BCUT2D eigenvalue weighted by atomic mass is 16.4. The van der Waals surface area contributed by atoms with Crippen LogP contribution >= 0.6 is 0 Å². The Labute approximate surface area is 139 Å². The number of carboxylic acid groups (broad SMARTS) is 1. The average molecular weight is 316 g/mol. The molecule has 1 saturated carbocycles. The van der Waals surface area contributed by atoms with E-state index in [9.17, 15) is 14.7 Å². The largest absolute Gasteiger partial charge is 0.481 e. The molecule has 1 aliphatic rings. The smallest absolute Gasteiger partial charge is 0.307 e. The number of hydrogen-bond donors (Lipinski definition) is 1. The van der Waals surface area contributed by atoms with Crippen LogP contribution < -0.4 is 0 Å². The molecule has 0 bridgehead atoms. The van der Waals surface area contributed by atoms with Crippen LogP contribution in [-0.4, -0.2) is 16.9 Å². The van der Waals surface area contributed by atoms with E-state index in [0.717, 1.165) is 16.7 Å². The maximum absolute atomic E-state index is 12.9. The van der Waals surface area contributed by atoms with Gasteiger partial charge < -0.3 is 5.11 Å². The summed E-state index contributed by atoms with van der Waals surface area (Å²) in [6.45, 7) is 10.3. The molecule has 4 atom stereocenters. The highest BCUT2D eigenvalue weighted by molar-refractivity contribution is 5.88. The molecule has 1 aromatic carbocycles. The van der Waals surface area contributed by atoms with Crippen LogP contribution in [0.3, 0.4) is 0 Å². The van der Waals surface area contributed by atoms with Crippen molar-refractivity contribution in [1.29, 1.82) is 0 Å². The van der Waals surface area contributed by atoms with Crippen LogP contribution in [-0.2, 0) is 16.0 Å². The van der Waals surface area contributed by atoms with Gasteiger partial charge in [-0.05, 0) is 62.1 Å². The molecule has 1 N–H and O–H groups in total. The lowest BCUT2D eigenvalue weighted by atomic mass is 9.67. The molecule has 0 aromatic heterocycles. The SMILES string of the molecule is Cc1cc(C)c(CC(=O)C2CC(C)C(C)CC2C(=O)O)c(C)c1. The Bertz CT molecular complexity index is 594. The quantitative estimate of drug-likeness (QED) is 0.909. The van der Waals surface area contributed by atoms with E-state index >= 15 is 0 Å². The van der Waals surface area contributed by atoms with Crippen molar-refractivity contribution >= 4 is 11.8 Å². The molecule has 0 spiro atoms. The van der Waals surface area contributed by atoms with E-state index in [1.54, 1.807) is 0 Å². The Morgan fingerprint density at radius 3 is 1.96 bits per heavy atom. The van der Waals surface area contributed by atoms with Crippen LogP contribution in [0.5, 0.6) is 0 Å². The molecular formula is C20H28O3. The number of aryl methyl sites for hydroxylation is 3. The van der Waals surface area contributed by atoms with E-state index in [0.29, 0.717) is 31.1 Å². The van der Waals surface area contributed by atoms with Crippen LogP contribution in [0.2, 0.25) is 0 Å². The summed E-state index contributed by atoms with van der Waals surface area (Å²) < 4.78 is 0. The third kappa shape index (κ3) is 3.82. The highest BCUT2D eigenvalue weighted by Gasteiger charge is 2.40. The predicted molar refractivity (Wildman–Crippen MR) is 91.5 cm³/mol. The first-order chi connectivity index (χ1) is 10.7. The van der Waals surface area contributed by atoms with Gasteiger partial charge in [0.05, 0.1) is 5.92 Å². The number of hydrogen-bond acceptors (Lipinski definition) is 2. The standard InChI is InChI=1S/C20H28O3/c1-11-6-14(4)16(15(5)7-11)10-19(21)17-8-12(2)13(3)9-18(17)20(22)23/h6-7,12-13,17-18H,8-10H2,1-5H3,(H,22,23). The van der Waals surface area contributed by atoms with E-state index in [1.165, 1.54) is 5.56 Å². The molecule has 23 heavy (non-hydrogen) atoms. The van der Waals surface area contributed by atoms with Crippen molar-refractivity contribution in [3.63, 3.8) is 0 Å². The number of ketones is 1. The topological polar surface area (TPSA) is 54.4 Å². The lowest BCUT2D eigenvalue weighted by molar-refractivity contribution is -0.150. The molecule has 2 rings (SSSR count). The second-order valence-electron chi connectivity index (χ2n) is 7.50. The van der Waals surface area contributed by atoms with Crippen molar-refractivity contribution in [3.05, 3.63) is 34.4 Å². The number of carboxylic acids is 1. The third-order valence-electron chi connectivity index (χ3n) is 5.63. The van der Waals surface area contributed by atoms with Crippen molar-refractivity contribution in [2.75, 3.05) is 0 Å². The number of aliphatic carboxylic acids is 1. The number of Topliss-reactive ketones (excluding diaryl/α,β-unsaturated/α-hetero) is 1. The first kappa shape index (κ1) is 17.7. The number of rotatable bonds is 4. The maximum atomic E-state index is 12.9. The first-order valence-electron chi connectivity index (χ1n) is 8.53. The van der Waals surface area contributed by atoms with Gasteiger partial charge in [0.15, 0.2) is 0 Å². The Morgan fingerprint density at radius 2 is 1.48 bits per heavy atom. The second-order valence-corrected chi connectivity index (χ2v) is 7.50. The predicted octanol–water partition coefficient (Wildman–Crippen LogP) is 4.11. The van der Waals surface area contributed by atoms with E-state index in [2.05, 4.69) is 32.9 Å². The van der Waals surface area contributed by atoms with E-state index in [-0.39, 0.29) is 11.7 Å². The zero-order chi connectivity index (χ0) is 17.3. The molecule has 3 nitrogen and oxygen atoms in total. The fourth-order valence-electron chi connectivity index (χ4n) is 4.02. The summed E-state index contributed by atoms with van der Waals surface area (Å²) in [5.74, 6) is -0.841. The van der Waals surface area contributed by atoms with Crippen LogP contribution in [0.1, 0.15) is 48.9 Å². The molecule has 0 radical (unpaired) electrons. The lowest BCUT2D eigenvalue weighted by Gasteiger charge is -2.36. The van der Waals surface area contributed by atoms with E-state index in [1.807, 2.05) is 13.8 Å². The molecular weight excluding hydrogens is 288 g/mol. The summed E-state index contributed by atoms with van der Waals surface area (Å²) in [5, 5.41) is 9.52. The molecule has 1 fully saturated rings. The van der Waals surface area contributed by atoms with Crippen molar-refractivity contribution in [2.45, 2.75) is 53.9 Å². The van der Waals surface area contributed by atoms with Crippen molar-refractivity contribution in [1.82, 2.24) is 0 Å². The van der Waals surface area contributed by atoms with Crippen LogP contribution in [0.25, 0.3) is 0 Å². The number of carbonyl (C=O) groups is 2. The van der Waals surface area contributed by atoms with Gasteiger partial charge in [-0.1, -0.05) is 31.5 Å². The third-order valence-corrected chi connectivity index (χ3v) is 5.63. The molecule has 4 unspecified atom stereocenters. The normalized spacial score (nSPS) is 27.7. The van der Waals surface area contributed by atoms with Gasteiger partial charge in [0.1, 0.15) is 5.78 Å². The van der Waals surface area contributed by atoms with Crippen molar-refractivity contribution in [3.8, 4) is 0 Å². The Morgan fingerprint density at radius 1 is 1.00 bits per heavy atom. The monoisotopic (exact) mass is 316 g/mol. The minimum atomic E-state index is -0.820. The lowest BCUT2D eigenvalue weighted by Crippen LogP contribution is -2.39. The summed E-state index contributed by atoms with van der Waals surface area (Å²) in [6.07, 6.45) is 1.66. The van der Waals surface area contributed by atoms with Gasteiger partial charge in [-0.2, -0.15) is 0 Å². The summed E-state index contributed by atoms with van der Waals surface area (Å²) in [7, 11) is 0. The van der Waals surface area contributed by atoms with Gasteiger partial charge >= 0.3 is 5.97 Å². The Hall–Kier alpha value is -1.64. The van der Waals surface area contributed by atoms with E-state index in [4.69, 9.17) is 0 Å². The second kappa shape index (κ2) is 6.86. The highest BCUT2D eigenvalue weighted by Crippen LogP contribution is 2.39. The summed E-state index contributed by atoms with van der Waals surface area (Å²) in [4.78, 5) is 24.5. The Balaban J connectivity index is 2.23. The summed E-state index contributed by atoms with van der Waals surface area (Å²) in [6, 6.07) is 4.19. The van der Waals surface area contributed by atoms with Crippen LogP contribution in [0.15, 0.2) is 12.1 Å². The minimum Gasteiger partial charge on any atom is -0.481 e. The van der Waals surface area contributed by atoms with Gasteiger partial charge in [0, 0.05) is 12.3 Å². The van der Waals surface area contributed by atoms with Gasteiger partial charge in [-0.3, -0.25) is 9.59 Å². The fourth-order valence-corrected chi connectivity index (χ4v) is 4.02. The number of benzene rings is 1. The molecule has 1 aliphatic carbocycles. The molecule has 0 aliphatic heterocycles. The zero-order valence-corrected chi connectivity index (χ0v) is 14.8. The van der Waals surface area contributed by atoms with Crippen molar-refractivity contribution in [2.24, 2.45) is 23.7 Å². The fraction of sp³-hybridized carbons (Fsp3) is 0.600. The Kier molecular flexibility index (Phi) is 5.28. The average Bonchev–Trinajstić information content (AvgIpc) is 2.44. The molecule has 3 heteroatoms. The van der Waals surface area contributed by atoms with Crippen LogP contribution in [0.4, 0.5) is 0 Å². The van der Waals surface area contributed by atoms with Crippen molar-refractivity contribution < 1.29 is 14.7 Å². The zero-order valence-electron chi connectivity index (χ0n) is 14.8. The summed E-state index contributed by atoms with van der Waals surface area (Å²) >= 11 is 0. The van der Waals surface area contributed by atoms with Gasteiger partial charge in [-0.25, -0.2) is 0 Å². The molecule has 1 aromatic rings. The summed E-state index contributed by atoms with van der Waals surface area (Å²) in [5.41, 5.74) is 4.51. The number of carbonyl (C=O) groups excluding carboxylic acids is 1. The molecule has 0 heterocycles. The van der Waals surface area contributed by atoms with Gasteiger partial charge in [0.25, 0.3) is 0 Å². The maximum Gasteiger partial charge on any atom is 0.307 e.